The molecule has 0 unspecified atom stereocenters. The lowest BCUT2D eigenvalue weighted by Gasteiger charge is -2.34. The summed E-state index contributed by atoms with van der Waals surface area (Å²) in [6, 6.07) is 10.1. The zero-order valence-corrected chi connectivity index (χ0v) is 30.1. The Hall–Kier alpha value is -4.74. The molecule has 3 atom stereocenters. The number of para-hydroxylation sites is 1. The Balaban J connectivity index is 1.39. The summed E-state index contributed by atoms with van der Waals surface area (Å²) >= 11 is 0. The van der Waals surface area contributed by atoms with Crippen molar-refractivity contribution in [3.8, 4) is 5.75 Å². The summed E-state index contributed by atoms with van der Waals surface area (Å²) in [5.41, 5.74) is 1.76. The molecule has 2 aromatic heterocycles. The molecular formula is C39H52N6O6. The Morgan fingerprint density at radius 3 is 2.51 bits per heavy atom. The predicted molar refractivity (Wildman–Crippen MR) is 192 cm³/mol. The van der Waals surface area contributed by atoms with E-state index in [1.54, 1.807) is 48.6 Å². The molecule has 0 radical (unpaired) electrons. The number of ether oxygens (including phenoxy) is 1. The number of fused-ring (bicyclic) bond motifs is 4. The molecule has 2 aliphatic rings. The number of rotatable bonds is 4. The molecular weight excluding hydrogens is 648 g/mol. The van der Waals surface area contributed by atoms with Gasteiger partial charge in [0.15, 0.2) is 0 Å². The summed E-state index contributed by atoms with van der Waals surface area (Å²) in [6.45, 7) is 5.00. The number of likely N-dealkylation sites (N-methyl/N-ethyl adjacent to an activating group) is 1. The van der Waals surface area contributed by atoms with Gasteiger partial charge in [-0.3, -0.25) is 24.2 Å². The molecule has 0 aliphatic carbocycles. The number of hydrogen-bond donors (Lipinski definition) is 2. The summed E-state index contributed by atoms with van der Waals surface area (Å²) in [6.07, 6.45) is 11.9. The quantitative estimate of drug-likeness (QED) is 0.392. The van der Waals surface area contributed by atoms with E-state index in [1.807, 2.05) is 32.0 Å². The maximum Gasteiger partial charge on any atom is 0.255 e. The number of benzene rings is 1. The molecule has 51 heavy (non-hydrogen) atoms. The van der Waals surface area contributed by atoms with Crippen LogP contribution in [0.1, 0.15) is 99.0 Å². The standard InChI is InChI=1S/C39H52N6O6/c1-27(2)22-32-38(48)45-21-13-17-33(45)39(49)44(3)34(23-28-14-12-19-40-25-28)37(47)41-20-11-7-5-4-6-8-15-30-24-29(43-51-30)26-50-35-18-10-9-16-31(35)36(46)42-32/h9-10,12,14,16,18-19,24-25,27,32-34H,4-8,11,13,15,17,20-23,26H2,1-3H3,(H,41,47)(H,42,46)/t32-,33-,34+/m1/s1. The molecule has 2 bridgehead atoms. The molecule has 12 heteroatoms. The van der Waals surface area contributed by atoms with Crippen LogP contribution in [-0.2, 0) is 33.8 Å². The molecule has 1 fully saturated rings. The predicted octanol–water partition coefficient (Wildman–Crippen LogP) is 4.87. The largest absolute Gasteiger partial charge is 0.486 e. The van der Waals surface area contributed by atoms with Gasteiger partial charge >= 0.3 is 0 Å². The molecule has 12 nitrogen and oxygen atoms in total. The van der Waals surface area contributed by atoms with Gasteiger partial charge in [-0.15, -0.1) is 0 Å². The van der Waals surface area contributed by atoms with Crippen molar-refractivity contribution >= 4 is 23.6 Å². The molecule has 5 rings (SSSR count). The number of aromatic nitrogens is 2. The average Bonchev–Trinajstić information content (AvgIpc) is 3.81. The monoisotopic (exact) mass is 700 g/mol. The van der Waals surface area contributed by atoms with E-state index in [1.165, 1.54) is 4.90 Å². The van der Waals surface area contributed by atoms with Gasteiger partial charge in [-0.2, -0.15) is 0 Å². The van der Waals surface area contributed by atoms with Gasteiger partial charge in [0, 0.05) is 51.4 Å². The third-order valence-corrected chi connectivity index (χ3v) is 9.67. The van der Waals surface area contributed by atoms with Gasteiger partial charge in [-0.05, 0) is 61.8 Å². The van der Waals surface area contributed by atoms with Gasteiger partial charge < -0.3 is 29.7 Å². The number of pyridine rings is 1. The highest BCUT2D eigenvalue weighted by molar-refractivity contribution is 6.00. The average molecular weight is 701 g/mol. The van der Waals surface area contributed by atoms with Crippen molar-refractivity contribution in [2.24, 2.45) is 5.92 Å². The topological polar surface area (TPSA) is 147 Å². The van der Waals surface area contributed by atoms with Crippen LogP contribution < -0.4 is 15.4 Å². The van der Waals surface area contributed by atoms with Gasteiger partial charge in [0.05, 0.1) is 5.56 Å². The van der Waals surface area contributed by atoms with Gasteiger partial charge in [0.25, 0.3) is 5.91 Å². The Labute approximate surface area is 300 Å². The Kier molecular flexibility index (Phi) is 13.6. The smallest absolute Gasteiger partial charge is 0.255 e. The van der Waals surface area contributed by atoms with Crippen molar-refractivity contribution in [2.45, 2.75) is 109 Å². The summed E-state index contributed by atoms with van der Waals surface area (Å²) in [4.78, 5) is 63.2. The summed E-state index contributed by atoms with van der Waals surface area (Å²) < 4.78 is 11.6. The molecule has 4 amide bonds. The van der Waals surface area contributed by atoms with Crippen LogP contribution in [0.5, 0.6) is 5.75 Å². The van der Waals surface area contributed by atoms with Crippen LogP contribution in [0.3, 0.4) is 0 Å². The lowest BCUT2D eigenvalue weighted by atomic mass is 10.0. The summed E-state index contributed by atoms with van der Waals surface area (Å²) in [5.74, 6) is -0.0444. The second-order valence-corrected chi connectivity index (χ2v) is 14.1. The number of nitrogens with one attached hydrogen (secondary N) is 2. The Morgan fingerprint density at radius 2 is 1.73 bits per heavy atom. The van der Waals surface area contributed by atoms with Gasteiger partial charge in [0.1, 0.15) is 41.9 Å². The first-order chi connectivity index (χ1) is 24.7. The zero-order chi connectivity index (χ0) is 36.2. The Morgan fingerprint density at radius 1 is 0.941 bits per heavy atom. The normalized spacial score (nSPS) is 22.2. The minimum absolute atomic E-state index is 0.0828. The van der Waals surface area contributed by atoms with E-state index in [0.29, 0.717) is 55.8 Å². The lowest BCUT2D eigenvalue weighted by Crippen LogP contribution is -2.57. The number of aryl methyl sites for hydroxylation is 1. The van der Waals surface area contributed by atoms with E-state index >= 15 is 0 Å². The van der Waals surface area contributed by atoms with Gasteiger partial charge in [-0.25, -0.2) is 0 Å². The number of nitrogens with zero attached hydrogens (tertiary/aromatic N) is 4. The molecule has 2 aliphatic heterocycles. The minimum atomic E-state index is -0.865. The van der Waals surface area contributed by atoms with Gasteiger partial charge in [-0.1, -0.05) is 62.9 Å². The summed E-state index contributed by atoms with van der Waals surface area (Å²) in [7, 11) is 1.64. The highest BCUT2D eigenvalue weighted by Crippen LogP contribution is 2.25. The van der Waals surface area contributed by atoms with E-state index in [4.69, 9.17) is 9.26 Å². The fourth-order valence-corrected chi connectivity index (χ4v) is 6.89. The second kappa shape index (κ2) is 18.5. The van der Waals surface area contributed by atoms with E-state index in [9.17, 15) is 19.2 Å². The van der Waals surface area contributed by atoms with Crippen molar-refractivity contribution in [2.75, 3.05) is 20.1 Å². The van der Waals surface area contributed by atoms with Crippen LogP contribution in [-0.4, -0.2) is 81.8 Å². The van der Waals surface area contributed by atoms with Crippen molar-refractivity contribution in [3.05, 3.63) is 77.4 Å². The third kappa shape index (κ3) is 10.4. The molecule has 0 spiro atoms. The first-order valence-electron chi connectivity index (χ1n) is 18.4. The van der Waals surface area contributed by atoms with Crippen molar-refractivity contribution in [1.29, 1.82) is 0 Å². The molecule has 274 valence electrons. The number of hydrogen-bond acceptors (Lipinski definition) is 8. The van der Waals surface area contributed by atoms with Crippen LogP contribution in [0.15, 0.2) is 59.4 Å². The van der Waals surface area contributed by atoms with E-state index in [2.05, 4.69) is 20.8 Å². The van der Waals surface area contributed by atoms with E-state index in [0.717, 1.165) is 56.3 Å². The minimum Gasteiger partial charge on any atom is -0.486 e. The second-order valence-electron chi connectivity index (χ2n) is 14.1. The first kappa shape index (κ1) is 37.5. The van der Waals surface area contributed by atoms with Crippen LogP contribution in [0, 0.1) is 5.92 Å². The highest BCUT2D eigenvalue weighted by Gasteiger charge is 2.41. The molecule has 1 aromatic carbocycles. The molecule has 0 saturated carbocycles. The fourth-order valence-electron chi connectivity index (χ4n) is 6.89. The van der Waals surface area contributed by atoms with Crippen LogP contribution in [0.25, 0.3) is 0 Å². The molecule has 3 aromatic rings. The lowest BCUT2D eigenvalue weighted by molar-refractivity contribution is -0.147. The number of carbonyl (C=O) groups is 4. The maximum atomic E-state index is 14.2. The zero-order valence-electron chi connectivity index (χ0n) is 30.1. The highest BCUT2D eigenvalue weighted by atomic mass is 16.5. The molecule has 4 heterocycles. The SMILES string of the molecule is CC(C)C[C@H]1NC(=O)c2ccccc2OCc2cc(on2)CCCCCCCCNC(=O)[C@H](Cc2cccnc2)N(C)C(=O)[C@H]2CCCN2C1=O. The summed E-state index contributed by atoms with van der Waals surface area (Å²) in [5, 5.41) is 10.2. The van der Waals surface area contributed by atoms with Crippen LogP contribution in [0.4, 0.5) is 0 Å². The van der Waals surface area contributed by atoms with Crippen molar-refractivity contribution in [3.63, 3.8) is 0 Å². The maximum absolute atomic E-state index is 14.2. The van der Waals surface area contributed by atoms with Gasteiger partial charge in [0.2, 0.25) is 17.7 Å². The van der Waals surface area contributed by atoms with Crippen molar-refractivity contribution < 1.29 is 28.4 Å². The number of amides is 4. The third-order valence-electron chi connectivity index (χ3n) is 9.67. The fraction of sp³-hybridized carbons (Fsp3) is 0.538. The van der Waals surface area contributed by atoms with Crippen molar-refractivity contribution in [1.82, 2.24) is 30.6 Å². The Bertz CT molecular complexity index is 1610. The first-order valence-corrected chi connectivity index (χ1v) is 18.4. The van der Waals surface area contributed by atoms with E-state index < -0.39 is 24.0 Å². The van der Waals surface area contributed by atoms with E-state index in [-0.39, 0.29) is 30.2 Å². The van der Waals surface area contributed by atoms with Crippen LogP contribution in [0.2, 0.25) is 0 Å². The number of carbonyl (C=O) groups excluding carboxylic acids is 4. The van der Waals surface area contributed by atoms with Crippen LogP contribution >= 0.6 is 0 Å². The molecule has 1 saturated heterocycles. The molecule has 2 N–H and O–H groups in total.